The monoisotopic (exact) mass is 247 g/mol. The van der Waals surface area contributed by atoms with Gasteiger partial charge in [0.1, 0.15) is 12.1 Å². The summed E-state index contributed by atoms with van der Waals surface area (Å²) < 4.78 is 19.4. The number of hydrogen-bond acceptors (Lipinski definition) is 4. The van der Waals surface area contributed by atoms with Crippen molar-refractivity contribution in [2.75, 3.05) is 31.2 Å². The number of halogens is 1. The fraction of sp³-hybridized carbons (Fsp3) is 0.385. The van der Waals surface area contributed by atoms with Gasteiger partial charge in [-0.2, -0.15) is 0 Å². The molecule has 94 valence electrons. The molecule has 1 aliphatic heterocycles. The Morgan fingerprint density at radius 1 is 1.22 bits per heavy atom. The standard InChI is InChI=1S/C13H14FN3O/c1-9-13-11(14)6-10(7-12(13)16-8-15-9)17-2-4-18-5-3-17/h6-8H,2-5H2,1H3. The highest BCUT2D eigenvalue weighted by Crippen LogP contribution is 2.25. The Morgan fingerprint density at radius 3 is 2.78 bits per heavy atom. The molecule has 1 aliphatic rings. The zero-order valence-corrected chi connectivity index (χ0v) is 10.2. The van der Waals surface area contributed by atoms with E-state index in [4.69, 9.17) is 4.74 Å². The molecule has 0 saturated carbocycles. The van der Waals surface area contributed by atoms with E-state index in [1.54, 1.807) is 13.0 Å². The van der Waals surface area contributed by atoms with E-state index in [-0.39, 0.29) is 5.82 Å². The van der Waals surface area contributed by atoms with Crippen molar-refractivity contribution in [2.24, 2.45) is 0 Å². The molecular weight excluding hydrogens is 233 g/mol. The molecular formula is C13H14FN3O. The zero-order valence-electron chi connectivity index (χ0n) is 10.2. The molecule has 0 atom stereocenters. The number of nitrogens with zero attached hydrogens (tertiary/aromatic N) is 3. The predicted molar refractivity (Wildman–Crippen MR) is 67.3 cm³/mol. The average Bonchev–Trinajstić information content (AvgIpc) is 2.39. The van der Waals surface area contributed by atoms with Gasteiger partial charge < -0.3 is 9.64 Å². The van der Waals surface area contributed by atoms with Crippen LogP contribution in [0.1, 0.15) is 5.69 Å². The lowest BCUT2D eigenvalue weighted by molar-refractivity contribution is 0.122. The molecule has 0 N–H and O–H groups in total. The molecule has 0 amide bonds. The molecule has 5 heteroatoms. The molecule has 4 nitrogen and oxygen atoms in total. The second-order valence-electron chi connectivity index (χ2n) is 4.38. The number of morpholine rings is 1. The molecule has 0 radical (unpaired) electrons. The molecule has 2 heterocycles. The van der Waals surface area contributed by atoms with Crippen LogP contribution < -0.4 is 4.90 Å². The summed E-state index contributed by atoms with van der Waals surface area (Å²) in [5.41, 5.74) is 2.19. The maximum atomic E-state index is 14.1. The summed E-state index contributed by atoms with van der Waals surface area (Å²) in [6.45, 7) is 4.73. The van der Waals surface area contributed by atoms with Gasteiger partial charge in [-0.1, -0.05) is 0 Å². The molecule has 3 rings (SSSR count). The number of fused-ring (bicyclic) bond motifs is 1. The van der Waals surface area contributed by atoms with Crippen molar-refractivity contribution in [1.29, 1.82) is 0 Å². The average molecular weight is 247 g/mol. The van der Waals surface area contributed by atoms with Gasteiger partial charge in [0.05, 0.1) is 29.8 Å². The van der Waals surface area contributed by atoms with Crippen molar-refractivity contribution >= 4 is 16.6 Å². The first-order chi connectivity index (χ1) is 8.75. The summed E-state index contributed by atoms with van der Waals surface area (Å²) >= 11 is 0. The second kappa shape index (κ2) is 4.49. The van der Waals surface area contributed by atoms with Gasteiger partial charge in [0, 0.05) is 18.8 Å². The molecule has 0 spiro atoms. The van der Waals surface area contributed by atoms with Gasteiger partial charge >= 0.3 is 0 Å². The predicted octanol–water partition coefficient (Wildman–Crippen LogP) is 1.91. The minimum atomic E-state index is -0.257. The van der Waals surface area contributed by atoms with Gasteiger partial charge in [0.15, 0.2) is 0 Å². The molecule has 1 saturated heterocycles. The van der Waals surface area contributed by atoms with Crippen molar-refractivity contribution in [3.05, 3.63) is 30.0 Å². The normalized spacial score (nSPS) is 16.2. The molecule has 18 heavy (non-hydrogen) atoms. The molecule has 1 aromatic carbocycles. The van der Waals surface area contributed by atoms with Crippen molar-refractivity contribution in [2.45, 2.75) is 6.92 Å². The fourth-order valence-electron chi connectivity index (χ4n) is 2.28. The number of rotatable bonds is 1. The SMILES string of the molecule is Cc1ncnc2cc(N3CCOCC3)cc(F)c12. The number of benzene rings is 1. The van der Waals surface area contributed by atoms with Crippen molar-refractivity contribution < 1.29 is 9.13 Å². The van der Waals surface area contributed by atoms with E-state index in [0.29, 0.717) is 29.8 Å². The third-order valence-electron chi connectivity index (χ3n) is 3.24. The van der Waals surface area contributed by atoms with Gasteiger partial charge in [-0.3, -0.25) is 0 Å². The minimum absolute atomic E-state index is 0.257. The Bertz CT molecular complexity index is 582. The van der Waals surface area contributed by atoms with Gasteiger partial charge in [-0.15, -0.1) is 0 Å². The van der Waals surface area contributed by atoms with Crippen molar-refractivity contribution in [3.8, 4) is 0 Å². The molecule has 0 bridgehead atoms. The van der Waals surface area contributed by atoms with E-state index in [2.05, 4.69) is 14.9 Å². The molecule has 2 aromatic rings. The number of aryl methyl sites for hydroxylation is 1. The van der Waals surface area contributed by atoms with Gasteiger partial charge in [0.2, 0.25) is 0 Å². The summed E-state index contributed by atoms with van der Waals surface area (Å²) in [4.78, 5) is 10.3. The summed E-state index contributed by atoms with van der Waals surface area (Å²) in [6, 6.07) is 3.47. The maximum Gasteiger partial charge on any atom is 0.136 e. The first-order valence-corrected chi connectivity index (χ1v) is 5.99. The van der Waals surface area contributed by atoms with Crippen LogP contribution in [0.5, 0.6) is 0 Å². The van der Waals surface area contributed by atoms with Crippen LogP contribution in [0.15, 0.2) is 18.5 Å². The Morgan fingerprint density at radius 2 is 2.00 bits per heavy atom. The van der Waals surface area contributed by atoms with Crippen LogP contribution in [0.3, 0.4) is 0 Å². The third-order valence-corrected chi connectivity index (χ3v) is 3.24. The second-order valence-corrected chi connectivity index (χ2v) is 4.38. The van der Waals surface area contributed by atoms with Crippen LogP contribution in [-0.2, 0) is 4.74 Å². The van der Waals surface area contributed by atoms with Crippen LogP contribution in [0.25, 0.3) is 10.9 Å². The lowest BCUT2D eigenvalue weighted by atomic mass is 10.1. The van der Waals surface area contributed by atoms with E-state index in [1.165, 1.54) is 6.33 Å². The van der Waals surface area contributed by atoms with Crippen LogP contribution in [0.2, 0.25) is 0 Å². The molecule has 1 fully saturated rings. The van der Waals surface area contributed by atoms with Crippen LogP contribution in [0, 0.1) is 12.7 Å². The van der Waals surface area contributed by atoms with Crippen LogP contribution in [-0.4, -0.2) is 36.3 Å². The Hall–Kier alpha value is -1.75. The van der Waals surface area contributed by atoms with Crippen LogP contribution in [0.4, 0.5) is 10.1 Å². The summed E-state index contributed by atoms with van der Waals surface area (Å²) in [6.07, 6.45) is 1.47. The van der Waals surface area contributed by atoms with E-state index in [9.17, 15) is 4.39 Å². The molecule has 0 aliphatic carbocycles. The lowest BCUT2D eigenvalue weighted by Crippen LogP contribution is -2.36. The van der Waals surface area contributed by atoms with E-state index in [1.807, 2.05) is 6.07 Å². The van der Waals surface area contributed by atoms with Crippen molar-refractivity contribution in [1.82, 2.24) is 9.97 Å². The number of anilines is 1. The van der Waals surface area contributed by atoms with E-state index in [0.717, 1.165) is 18.8 Å². The summed E-state index contributed by atoms with van der Waals surface area (Å²) in [5, 5.41) is 0.509. The first-order valence-electron chi connectivity index (χ1n) is 5.99. The lowest BCUT2D eigenvalue weighted by Gasteiger charge is -2.29. The largest absolute Gasteiger partial charge is 0.378 e. The van der Waals surface area contributed by atoms with Gasteiger partial charge in [0.25, 0.3) is 0 Å². The molecule has 1 aromatic heterocycles. The van der Waals surface area contributed by atoms with E-state index < -0.39 is 0 Å². The number of ether oxygens (including phenoxy) is 1. The fourth-order valence-corrected chi connectivity index (χ4v) is 2.28. The Kier molecular flexibility index (Phi) is 2.83. The summed E-state index contributed by atoms with van der Waals surface area (Å²) in [7, 11) is 0. The highest BCUT2D eigenvalue weighted by Gasteiger charge is 2.15. The topological polar surface area (TPSA) is 38.2 Å². The Balaban J connectivity index is 2.09. The quantitative estimate of drug-likeness (QED) is 0.771. The van der Waals surface area contributed by atoms with Crippen molar-refractivity contribution in [3.63, 3.8) is 0 Å². The maximum absolute atomic E-state index is 14.1. The third kappa shape index (κ3) is 1.90. The zero-order chi connectivity index (χ0) is 12.5. The first kappa shape index (κ1) is 11.3. The van der Waals surface area contributed by atoms with Crippen LogP contribution >= 0.6 is 0 Å². The highest BCUT2D eigenvalue weighted by atomic mass is 19.1. The van der Waals surface area contributed by atoms with E-state index >= 15 is 0 Å². The Labute approximate surface area is 104 Å². The number of hydrogen-bond donors (Lipinski definition) is 0. The van der Waals surface area contributed by atoms with Gasteiger partial charge in [-0.05, 0) is 19.1 Å². The minimum Gasteiger partial charge on any atom is -0.378 e. The molecule has 0 unspecified atom stereocenters. The summed E-state index contributed by atoms with van der Waals surface area (Å²) in [5.74, 6) is -0.257. The van der Waals surface area contributed by atoms with Gasteiger partial charge in [-0.25, -0.2) is 14.4 Å². The smallest absolute Gasteiger partial charge is 0.136 e. The highest BCUT2D eigenvalue weighted by molar-refractivity contribution is 5.84. The number of aromatic nitrogens is 2.